The molecule has 3 unspecified atom stereocenters. The summed E-state index contributed by atoms with van der Waals surface area (Å²) >= 11 is 0. The SMILES string of the molecule is C.C/C=C(\C)CC(C)CC(C)CCC.C=C(C)c1cc(C(C)F)cc(C(C)(C)F)c1.C=CC.CC1=CC=C(Cc2ccccc2)CC1.CF. The first-order valence-electron chi connectivity index (χ1n) is 17.7. The van der Waals surface area contributed by atoms with E-state index in [0.717, 1.165) is 29.4 Å². The molecular weight excluding hydrogens is 610 g/mol. The van der Waals surface area contributed by atoms with Gasteiger partial charge in [-0.3, -0.25) is 4.39 Å². The largest absolute Gasteiger partial charge is 0.255 e. The molecule has 0 fully saturated rings. The zero-order chi connectivity index (χ0) is 37.3. The summed E-state index contributed by atoms with van der Waals surface area (Å²) < 4.78 is 36.6. The molecule has 2 aromatic rings. The molecule has 0 saturated heterocycles. The topological polar surface area (TPSA) is 0 Å². The zero-order valence-electron chi connectivity index (χ0n) is 32.7. The third-order valence-corrected chi connectivity index (χ3v) is 8.06. The predicted molar refractivity (Wildman–Crippen MR) is 218 cm³/mol. The zero-order valence-corrected chi connectivity index (χ0v) is 32.7. The molecular formula is C46H73F3. The Balaban J connectivity index is -0.000000603. The molecule has 1 aliphatic carbocycles. The van der Waals surface area contributed by atoms with Gasteiger partial charge in [0.15, 0.2) is 0 Å². The smallest absolute Gasteiger partial charge is 0.130 e. The van der Waals surface area contributed by atoms with Gasteiger partial charge in [-0.15, -0.1) is 6.58 Å². The molecule has 1 aliphatic rings. The number of hydrogen-bond acceptors (Lipinski definition) is 0. The fourth-order valence-electron chi connectivity index (χ4n) is 5.31. The van der Waals surface area contributed by atoms with Crippen LogP contribution in [-0.4, -0.2) is 7.18 Å². The van der Waals surface area contributed by atoms with Crippen molar-refractivity contribution in [3.05, 3.63) is 125 Å². The summed E-state index contributed by atoms with van der Waals surface area (Å²) in [5, 5.41) is 0. The lowest BCUT2D eigenvalue weighted by Crippen LogP contribution is -2.10. The first-order chi connectivity index (χ1) is 22.6. The van der Waals surface area contributed by atoms with Gasteiger partial charge in [0.25, 0.3) is 0 Å². The molecule has 0 aliphatic heterocycles. The first kappa shape index (κ1) is 50.3. The number of hydrogen-bond donors (Lipinski definition) is 0. The van der Waals surface area contributed by atoms with Crippen LogP contribution in [0.1, 0.15) is 151 Å². The van der Waals surface area contributed by atoms with Crippen LogP contribution in [-0.2, 0) is 12.1 Å². The minimum absolute atomic E-state index is 0. The molecule has 3 atom stereocenters. The van der Waals surface area contributed by atoms with Crippen LogP contribution in [0.25, 0.3) is 5.57 Å². The third-order valence-electron chi connectivity index (χ3n) is 8.06. The molecule has 0 radical (unpaired) electrons. The van der Waals surface area contributed by atoms with Crippen LogP contribution < -0.4 is 0 Å². The summed E-state index contributed by atoms with van der Waals surface area (Å²) in [4.78, 5) is 0. The van der Waals surface area contributed by atoms with E-state index in [1.54, 1.807) is 29.8 Å². The quantitative estimate of drug-likeness (QED) is 0.207. The fraction of sp³-hybridized carbons (Fsp3) is 0.522. The predicted octanol–water partition coefficient (Wildman–Crippen LogP) is 16.1. The van der Waals surface area contributed by atoms with E-state index in [1.807, 2.05) is 13.8 Å². The van der Waals surface area contributed by atoms with E-state index in [9.17, 15) is 13.2 Å². The molecule has 2 aromatic carbocycles. The molecule has 3 rings (SSSR count). The van der Waals surface area contributed by atoms with Gasteiger partial charge >= 0.3 is 0 Å². The average Bonchev–Trinajstić information content (AvgIpc) is 3.04. The van der Waals surface area contributed by atoms with Gasteiger partial charge in [0.1, 0.15) is 11.8 Å². The highest BCUT2D eigenvalue weighted by atomic mass is 19.1. The maximum Gasteiger partial charge on any atom is 0.130 e. The summed E-state index contributed by atoms with van der Waals surface area (Å²) in [5.74, 6) is 1.77. The second kappa shape index (κ2) is 28.7. The van der Waals surface area contributed by atoms with Gasteiger partial charge in [-0.2, -0.15) is 0 Å². The van der Waals surface area contributed by atoms with Crippen molar-refractivity contribution in [1.82, 2.24) is 0 Å². The number of halogens is 3. The number of allylic oxidation sites excluding steroid dienone is 8. The molecule has 0 amide bonds. The van der Waals surface area contributed by atoms with E-state index in [2.05, 4.69) is 103 Å². The number of alkyl halides is 3. The first-order valence-corrected chi connectivity index (χ1v) is 17.7. The molecule has 0 aromatic heterocycles. The van der Waals surface area contributed by atoms with Crippen LogP contribution in [0.2, 0.25) is 0 Å². The maximum absolute atomic E-state index is 13.9. The van der Waals surface area contributed by atoms with E-state index in [-0.39, 0.29) is 7.43 Å². The van der Waals surface area contributed by atoms with Crippen molar-refractivity contribution < 1.29 is 13.2 Å². The average molecular weight is 683 g/mol. The van der Waals surface area contributed by atoms with E-state index in [1.165, 1.54) is 76.0 Å². The molecule has 0 saturated carbocycles. The van der Waals surface area contributed by atoms with E-state index < -0.39 is 11.8 Å². The van der Waals surface area contributed by atoms with Crippen molar-refractivity contribution >= 4 is 5.57 Å². The number of rotatable bonds is 11. The summed E-state index contributed by atoms with van der Waals surface area (Å²) in [6, 6.07) is 15.7. The summed E-state index contributed by atoms with van der Waals surface area (Å²) in [5.41, 5.74) is 7.16. The third kappa shape index (κ3) is 24.7. The van der Waals surface area contributed by atoms with Crippen molar-refractivity contribution in [3.63, 3.8) is 0 Å². The minimum atomic E-state index is -1.46. The molecule has 3 heteroatoms. The molecule has 0 bridgehead atoms. The lowest BCUT2D eigenvalue weighted by atomic mass is 9.90. The molecule has 0 spiro atoms. The fourth-order valence-corrected chi connectivity index (χ4v) is 5.31. The molecule has 0 heterocycles. The van der Waals surface area contributed by atoms with Crippen LogP contribution in [0.15, 0.2) is 103 Å². The van der Waals surface area contributed by atoms with Crippen LogP contribution >= 0.6 is 0 Å². The van der Waals surface area contributed by atoms with Gasteiger partial charge in [-0.05, 0) is 140 Å². The van der Waals surface area contributed by atoms with Gasteiger partial charge in [0.2, 0.25) is 0 Å². The second-order valence-electron chi connectivity index (χ2n) is 13.7. The second-order valence-corrected chi connectivity index (χ2v) is 13.7. The van der Waals surface area contributed by atoms with Crippen LogP contribution in [0.3, 0.4) is 0 Å². The Morgan fingerprint density at radius 1 is 0.939 bits per heavy atom. The summed E-state index contributed by atoms with van der Waals surface area (Å²) in [6.45, 7) is 28.9. The van der Waals surface area contributed by atoms with E-state index >= 15 is 0 Å². The monoisotopic (exact) mass is 683 g/mol. The standard InChI is InChI=1S/C14H18F2.C14H16.C13H26.C3H6.CH3F.CH4/c1-9(2)11-6-12(10(3)15)8-13(7-11)14(4,5)16;1-12-7-9-14(10-8-12)11-13-5-3-2-4-6-13;1-6-8-12(4)10-13(5)9-11(3)7-2;1-3-2;1-2;/h6-8,10H,1H2,2-5H3;2-7,9H,8,10-11H2,1H3;7,12-13H,6,8-10H2,1-5H3;3H,1H2,2H3;1H3;1H4/b;;11-7+;;;. The van der Waals surface area contributed by atoms with Crippen molar-refractivity contribution in [2.24, 2.45) is 11.8 Å². The van der Waals surface area contributed by atoms with Crippen molar-refractivity contribution in [3.8, 4) is 0 Å². The van der Waals surface area contributed by atoms with Crippen molar-refractivity contribution in [2.75, 3.05) is 7.18 Å². The Bertz CT molecular complexity index is 1240. The van der Waals surface area contributed by atoms with Crippen LogP contribution in [0.5, 0.6) is 0 Å². The van der Waals surface area contributed by atoms with E-state index in [4.69, 9.17) is 0 Å². The molecule has 49 heavy (non-hydrogen) atoms. The highest BCUT2D eigenvalue weighted by molar-refractivity contribution is 5.63. The molecule has 0 nitrogen and oxygen atoms in total. The maximum atomic E-state index is 13.9. The Morgan fingerprint density at radius 3 is 1.94 bits per heavy atom. The lowest BCUT2D eigenvalue weighted by molar-refractivity contribution is 0.221. The summed E-state index contributed by atoms with van der Waals surface area (Å²) in [7, 11) is 0.500. The highest BCUT2D eigenvalue weighted by Crippen LogP contribution is 2.31. The van der Waals surface area contributed by atoms with Gasteiger partial charge in [-0.1, -0.05) is 125 Å². The van der Waals surface area contributed by atoms with Crippen molar-refractivity contribution in [2.45, 2.75) is 140 Å². The Kier molecular flexibility index (Phi) is 29.5. The molecule has 0 N–H and O–H groups in total. The van der Waals surface area contributed by atoms with Crippen LogP contribution in [0, 0.1) is 11.8 Å². The Hall–Kier alpha value is -3.07. The van der Waals surface area contributed by atoms with Gasteiger partial charge in [-0.25, -0.2) is 8.78 Å². The Morgan fingerprint density at radius 2 is 1.51 bits per heavy atom. The number of benzene rings is 2. The van der Waals surface area contributed by atoms with Crippen molar-refractivity contribution in [1.29, 1.82) is 0 Å². The molecule has 278 valence electrons. The van der Waals surface area contributed by atoms with Crippen LogP contribution in [0.4, 0.5) is 13.2 Å². The minimum Gasteiger partial charge on any atom is -0.255 e. The lowest BCUT2D eigenvalue weighted by Gasteiger charge is -2.18. The van der Waals surface area contributed by atoms with E-state index in [0.29, 0.717) is 18.3 Å². The van der Waals surface area contributed by atoms with Gasteiger partial charge in [0, 0.05) is 0 Å². The Labute approximate surface area is 302 Å². The van der Waals surface area contributed by atoms with Gasteiger partial charge in [0.05, 0.1) is 7.18 Å². The van der Waals surface area contributed by atoms with Gasteiger partial charge < -0.3 is 0 Å². The highest BCUT2D eigenvalue weighted by Gasteiger charge is 2.21. The summed E-state index contributed by atoms with van der Waals surface area (Å²) in [6.07, 6.45) is 16.4. The normalized spacial score (nSPS) is 14.0.